The summed E-state index contributed by atoms with van der Waals surface area (Å²) in [5, 5.41) is 6.22. The van der Waals surface area contributed by atoms with E-state index >= 15 is 0 Å². The lowest BCUT2D eigenvalue weighted by Crippen LogP contribution is -2.19. The Hall–Kier alpha value is -3.48. The lowest BCUT2D eigenvalue weighted by atomic mass is 10.1. The number of nitrogens with zero attached hydrogens (tertiary/aromatic N) is 2. The molecule has 1 atom stereocenters. The first-order valence-corrected chi connectivity index (χ1v) is 10.0. The van der Waals surface area contributed by atoms with Gasteiger partial charge in [-0.2, -0.15) is 0 Å². The second kappa shape index (κ2) is 9.35. The second-order valence-corrected chi connectivity index (χ2v) is 7.41. The predicted octanol–water partition coefficient (Wildman–Crippen LogP) is 4.05. The molecule has 0 aliphatic rings. The molecular formula is C23H27N5O2. The van der Waals surface area contributed by atoms with Crippen LogP contribution in [0.5, 0.6) is 0 Å². The van der Waals surface area contributed by atoms with Gasteiger partial charge in [0.05, 0.1) is 0 Å². The largest absolute Gasteiger partial charge is 0.366 e. The van der Waals surface area contributed by atoms with Gasteiger partial charge in [0, 0.05) is 41.2 Å². The SMILES string of the molecule is CCC(C)C(=O)Nc1cccc(CNc2ccc(-c3nc(C)c(C)c(=O)[nH]3)cn2)c1. The fraction of sp³-hybridized carbons (Fsp3) is 0.304. The van der Waals surface area contributed by atoms with Gasteiger partial charge in [-0.25, -0.2) is 9.97 Å². The Bertz CT molecular complexity index is 1090. The minimum absolute atomic E-state index is 0.0174. The Kier molecular flexibility index (Phi) is 6.61. The summed E-state index contributed by atoms with van der Waals surface area (Å²) in [7, 11) is 0. The number of nitrogens with one attached hydrogen (secondary N) is 3. The van der Waals surface area contributed by atoms with Gasteiger partial charge in [-0.1, -0.05) is 26.0 Å². The number of aryl methyl sites for hydroxylation is 1. The quantitative estimate of drug-likeness (QED) is 0.551. The van der Waals surface area contributed by atoms with Gasteiger partial charge in [-0.3, -0.25) is 9.59 Å². The zero-order valence-corrected chi connectivity index (χ0v) is 17.7. The molecule has 156 valence electrons. The number of pyridine rings is 1. The molecular weight excluding hydrogens is 378 g/mol. The van der Waals surface area contributed by atoms with E-state index in [1.54, 1.807) is 13.1 Å². The maximum atomic E-state index is 12.1. The molecule has 0 saturated carbocycles. The van der Waals surface area contributed by atoms with E-state index in [0.29, 0.717) is 29.4 Å². The van der Waals surface area contributed by atoms with Gasteiger partial charge < -0.3 is 15.6 Å². The van der Waals surface area contributed by atoms with Crippen LogP contribution in [0.1, 0.15) is 37.1 Å². The molecule has 0 radical (unpaired) electrons. The summed E-state index contributed by atoms with van der Waals surface area (Å²) in [5.74, 6) is 1.22. The van der Waals surface area contributed by atoms with Gasteiger partial charge in [0.1, 0.15) is 11.6 Å². The van der Waals surface area contributed by atoms with Crippen LogP contribution >= 0.6 is 0 Å². The van der Waals surface area contributed by atoms with Gasteiger partial charge in [-0.05, 0) is 50.1 Å². The average Bonchev–Trinajstić information content (AvgIpc) is 2.75. The number of benzene rings is 1. The predicted molar refractivity (Wildman–Crippen MR) is 119 cm³/mol. The highest BCUT2D eigenvalue weighted by Gasteiger charge is 2.11. The van der Waals surface area contributed by atoms with Gasteiger partial charge in [0.2, 0.25) is 5.91 Å². The van der Waals surface area contributed by atoms with Crippen molar-refractivity contribution in [3.8, 4) is 11.4 Å². The van der Waals surface area contributed by atoms with E-state index in [9.17, 15) is 9.59 Å². The highest BCUT2D eigenvalue weighted by Crippen LogP contribution is 2.17. The molecule has 1 unspecified atom stereocenters. The van der Waals surface area contributed by atoms with Crippen molar-refractivity contribution in [3.63, 3.8) is 0 Å². The third kappa shape index (κ3) is 5.11. The Balaban J connectivity index is 1.65. The molecule has 2 aromatic heterocycles. The lowest BCUT2D eigenvalue weighted by Gasteiger charge is -2.12. The normalized spacial score (nSPS) is 11.7. The Labute approximate surface area is 176 Å². The highest BCUT2D eigenvalue weighted by atomic mass is 16.1. The lowest BCUT2D eigenvalue weighted by molar-refractivity contribution is -0.119. The van der Waals surface area contributed by atoms with Crippen molar-refractivity contribution in [2.24, 2.45) is 5.92 Å². The molecule has 3 rings (SSSR count). The topological polar surface area (TPSA) is 99.8 Å². The molecule has 1 amide bonds. The molecule has 3 aromatic rings. The van der Waals surface area contributed by atoms with E-state index in [1.807, 2.05) is 57.2 Å². The fourth-order valence-corrected chi connectivity index (χ4v) is 2.82. The molecule has 3 N–H and O–H groups in total. The summed E-state index contributed by atoms with van der Waals surface area (Å²) < 4.78 is 0. The number of carbonyl (C=O) groups excluding carboxylic acids is 1. The smallest absolute Gasteiger partial charge is 0.254 e. The number of anilines is 2. The van der Waals surface area contributed by atoms with Crippen LogP contribution < -0.4 is 16.2 Å². The minimum Gasteiger partial charge on any atom is -0.366 e. The summed E-state index contributed by atoms with van der Waals surface area (Å²) in [4.78, 5) is 35.7. The third-order valence-corrected chi connectivity index (χ3v) is 5.16. The first-order valence-electron chi connectivity index (χ1n) is 10.0. The first kappa shape index (κ1) is 21.2. The zero-order valence-electron chi connectivity index (χ0n) is 17.7. The molecule has 30 heavy (non-hydrogen) atoms. The van der Waals surface area contributed by atoms with E-state index in [0.717, 1.165) is 23.2 Å². The second-order valence-electron chi connectivity index (χ2n) is 7.41. The van der Waals surface area contributed by atoms with Crippen molar-refractivity contribution in [1.82, 2.24) is 15.0 Å². The van der Waals surface area contributed by atoms with Crippen molar-refractivity contribution in [2.45, 2.75) is 40.7 Å². The van der Waals surface area contributed by atoms with E-state index in [-0.39, 0.29) is 17.4 Å². The van der Waals surface area contributed by atoms with Crippen molar-refractivity contribution < 1.29 is 4.79 Å². The summed E-state index contributed by atoms with van der Waals surface area (Å²) in [6.07, 6.45) is 2.48. The molecule has 1 aromatic carbocycles. The van der Waals surface area contributed by atoms with Crippen LogP contribution in [0.3, 0.4) is 0 Å². The number of hydrogen-bond acceptors (Lipinski definition) is 5. The van der Waals surface area contributed by atoms with Gasteiger partial charge in [-0.15, -0.1) is 0 Å². The van der Waals surface area contributed by atoms with Crippen LogP contribution in [0.25, 0.3) is 11.4 Å². The molecule has 0 bridgehead atoms. The van der Waals surface area contributed by atoms with Crippen LogP contribution in [0.15, 0.2) is 47.4 Å². The number of rotatable bonds is 7. The van der Waals surface area contributed by atoms with Crippen molar-refractivity contribution in [1.29, 1.82) is 0 Å². The van der Waals surface area contributed by atoms with Crippen LogP contribution in [0, 0.1) is 19.8 Å². The summed E-state index contributed by atoms with van der Waals surface area (Å²) >= 11 is 0. The Morgan fingerprint density at radius 1 is 1.20 bits per heavy atom. The number of hydrogen-bond donors (Lipinski definition) is 3. The van der Waals surface area contributed by atoms with E-state index in [4.69, 9.17) is 0 Å². The van der Waals surface area contributed by atoms with E-state index in [2.05, 4.69) is 25.6 Å². The first-order chi connectivity index (χ1) is 14.4. The van der Waals surface area contributed by atoms with Crippen molar-refractivity contribution in [3.05, 3.63) is 69.8 Å². The fourth-order valence-electron chi connectivity index (χ4n) is 2.82. The summed E-state index contributed by atoms with van der Waals surface area (Å²) in [5.41, 5.74) is 3.75. The molecule has 0 fully saturated rings. The van der Waals surface area contributed by atoms with Crippen molar-refractivity contribution in [2.75, 3.05) is 10.6 Å². The minimum atomic E-state index is -0.139. The molecule has 2 heterocycles. The van der Waals surface area contributed by atoms with Gasteiger partial charge in [0.15, 0.2) is 0 Å². The van der Waals surface area contributed by atoms with Crippen molar-refractivity contribution >= 4 is 17.4 Å². The maximum Gasteiger partial charge on any atom is 0.254 e. The summed E-state index contributed by atoms with van der Waals surface area (Å²) in [6.45, 7) is 8.05. The third-order valence-electron chi connectivity index (χ3n) is 5.16. The van der Waals surface area contributed by atoms with Gasteiger partial charge in [0.25, 0.3) is 5.56 Å². The molecule has 0 aliphatic heterocycles. The monoisotopic (exact) mass is 405 g/mol. The number of carbonyl (C=O) groups is 1. The number of aromatic amines is 1. The number of H-pyrrole nitrogens is 1. The maximum absolute atomic E-state index is 12.1. The van der Waals surface area contributed by atoms with E-state index < -0.39 is 0 Å². The Morgan fingerprint density at radius 3 is 2.67 bits per heavy atom. The summed E-state index contributed by atoms with van der Waals surface area (Å²) in [6, 6.07) is 11.5. The zero-order chi connectivity index (χ0) is 21.7. The highest BCUT2D eigenvalue weighted by molar-refractivity contribution is 5.92. The number of amides is 1. The van der Waals surface area contributed by atoms with Crippen LogP contribution in [0.4, 0.5) is 11.5 Å². The molecule has 7 heteroatoms. The molecule has 0 saturated heterocycles. The standard InChI is InChI=1S/C23H27N5O2/c1-5-14(2)22(29)27-19-8-6-7-17(11-19)12-24-20-10-9-18(13-25-20)21-26-16(4)15(3)23(30)28-21/h6-11,13-14H,5,12H2,1-4H3,(H,24,25)(H,27,29)(H,26,28,30). The van der Waals surface area contributed by atoms with E-state index in [1.165, 1.54) is 0 Å². The van der Waals surface area contributed by atoms with Crippen LogP contribution in [-0.2, 0) is 11.3 Å². The number of aromatic nitrogens is 3. The van der Waals surface area contributed by atoms with Crippen LogP contribution in [0.2, 0.25) is 0 Å². The molecule has 0 aliphatic carbocycles. The van der Waals surface area contributed by atoms with Gasteiger partial charge >= 0.3 is 0 Å². The average molecular weight is 406 g/mol. The van der Waals surface area contributed by atoms with Crippen LogP contribution in [-0.4, -0.2) is 20.9 Å². The molecule has 0 spiro atoms. The Morgan fingerprint density at radius 2 is 2.00 bits per heavy atom. The molecule has 7 nitrogen and oxygen atoms in total.